The summed E-state index contributed by atoms with van der Waals surface area (Å²) in [5.41, 5.74) is 4.21. The van der Waals surface area contributed by atoms with Crippen LogP contribution in [0.2, 0.25) is 15.1 Å². The third-order valence-corrected chi connectivity index (χ3v) is 8.83. The van der Waals surface area contributed by atoms with Crippen LogP contribution in [0, 0.1) is 11.8 Å². The number of anilines is 1. The van der Waals surface area contributed by atoms with Gasteiger partial charge in [-0.15, -0.1) is 0 Å². The van der Waals surface area contributed by atoms with Gasteiger partial charge < -0.3 is 28.9 Å². The molecule has 1 saturated heterocycles. The highest BCUT2D eigenvalue weighted by Crippen LogP contribution is 2.46. The monoisotopic (exact) mass is 679 g/mol. The molecule has 236 valence electrons. The summed E-state index contributed by atoms with van der Waals surface area (Å²) in [4.78, 5) is 27.1. The maximum atomic E-state index is 12.4. The fourth-order valence-electron chi connectivity index (χ4n) is 5.29. The molecule has 2 heterocycles. The SMILES string of the molecule is COC(=O)c1cc(C#Cc2ccc(OCc3c(-c4c(Cl)cccc4Cl)noc3C3CC3)cc2Cl)cc(N2CCN(C(=O)O)CC2)c1. The van der Waals surface area contributed by atoms with Crippen molar-refractivity contribution in [2.24, 2.45) is 0 Å². The van der Waals surface area contributed by atoms with Gasteiger partial charge >= 0.3 is 12.1 Å². The van der Waals surface area contributed by atoms with Gasteiger partial charge in [0.2, 0.25) is 0 Å². The highest BCUT2D eigenvalue weighted by Gasteiger charge is 2.33. The first-order chi connectivity index (χ1) is 22.2. The van der Waals surface area contributed by atoms with E-state index in [1.165, 1.54) is 12.0 Å². The van der Waals surface area contributed by atoms with Crippen molar-refractivity contribution in [1.82, 2.24) is 10.1 Å². The number of rotatable bonds is 7. The molecule has 12 heteroatoms. The fourth-order valence-corrected chi connectivity index (χ4v) is 6.08. The van der Waals surface area contributed by atoms with E-state index in [-0.39, 0.29) is 12.5 Å². The van der Waals surface area contributed by atoms with Gasteiger partial charge in [-0.05, 0) is 55.3 Å². The molecule has 1 aromatic heterocycles. The van der Waals surface area contributed by atoms with Crippen LogP contribution in [-0.4, -0.2) is 60.5 Å². The van der Waals surface area contributed by atoms with Crippen molar-refractivity contribution in [2.75, 3.05) is 38.2 Å². The Morgan fingerprint density at radius 3 is 2.37 bits per heavy atom. The molecule has 0 spiro atoms. The number of carbonyl (C=O) groups is 2. The number of benzene rings is 3. The lowest BCUT2D eigenvalue weighted by Crippen LogP contribution is -2.48. The molecule has 3 aromatic carbocycles. The first kappa shape index (κ1) is 31.6. The normalized spacial score (nSPS) is 14.4. The van der Waals surface area contributed by atoms with Crippen LogP contribution in [0.25, 0.3) is 11.3 Å². The van der Waals surface area contributed by atoms with Crippen molar-refractivity contribution in [3.05, 3.63) is 97.7 Å². The summed E-state index contributed by atoms with van der Waals surface area (Å²) in [6.07, 6.45) is 1.08. The molecule has 1 amide bonds. The molecule has 4 aromatic rings. The molecule has 2 fully saturated rings. The van der Waals surface area contributed by atoms with Gasteiger partial charge in [0.05, 0.1) is 33.3 Å². The summed E-state index contributed by atoms with van der Waals surface area (Å²) in [6.45, 7) is 1.87. The maximum absolute atomic E-state index is 12.4. The second-order valence-electron chi connectivity index (χ2n) is 10.9. The van der Waals surface area contributed by atoms with E-state index in [2.05, 4.69) is 17.0 Å². The lowest BCUT2D eigenvalue weighted by Gasteiger charge is -2.34. The molecule has 1 aliphatic heterocycles. The number of piperazine rings is 1. The third-order valence-electron chi connectivity index (χ3n) is 7.89. The predicted octanol–water partition coefficient (Wildman–Crippen LogP) is 7.74. The molecule has 0 atom stereocenters. The molecule has 0 bridgehead atoms. The number of hydrogen-bond acceptors (Lipinski definition) is 7. The molecular formula is C34H28Cl3N3O6. The minimum atomic E-state index is -0.948. The summed E-state index contributed by atoms with van der Waals surface area (Å²) in [5.74, 6) is 7.29. The van der Waals surface area contributed by atoms with Crippen molar-refractivity contribution < 1.29 is 28.7 Å². The number of aromatic nitrogens is 1. The second kappa shape index (κ2) is 13.6. The Morgan fingerprint density at radius 1 is 0.978 bits per heavy atom. The van der Waals surface area contributed by atoms with Crippen LogP contribution in [0.1, 0.15) is 51.6 Å². The van der Waals surface area contributed by atoms with Gasteiger partial charge in [-0.1, -0.05) is 57.9 Å². The first-order valence-corrected chi connectivity index (χ1v) is 15.7. The quantitative estimate of drug-likeness (QED) is 0.156. The molecule has 6 rings (SSSR count). The second-order valence-corrected chi connectivity index (χ2v) is 12.2. The van der Waals surface area contributed by atoms with E-state index in [1.807, 2.05) is 11.0 Å². The van der Waals surface area contributed by atoms with Crippen LogP contribution in [-0.2, 0) is 11.3 Å². The van der Waals surface area contributed by atoms with Crippen molar-refractivity contribution in [2.45, 2.75) is 25.4 Å². The van der Waals surface area contributed by atoms with Gasteiger partial charge in [0.15, 0.2) is 0 Å². The minimum Gasteiger partial charge on any atom is -0.489 e. The van der Waals surface area contributed by atoms with Crippen LogP contribution >= 0.6 is 34.8 Å². The zero-order valence-electron chi connectivity index (χ0n) is 24.7. The van der Waals surface area contributed by atoms with Gasteiger partial charge in [0.1, 0.15) is 23.8 Å². The molecule has 0 unspecified atom stereocenters. The number of amides is 1. The van der Waals surface area contributed by atoms with Crippen LogP contribution in [0.3, 0.4) is 0 Å². The van der Waals surface area contributed by atoms with Gasteiger partial charge in [0.25, 0.3) is 0 Å². The Balaban J connectivity index is 1.21. The predicted molar refractivity (Wildman–Crippen MR) is 175 cm³/mol. The van der Waals surface area contributed by atoms with Crippen molar-refractivity contribution in [3.63, 3.8) is 0 Å². The van der Waals surface area contributed by atoms with Crippen LogP contribution in [0.5, 0.6) is 5.75 Å². The van der Waals surface area contributed by atoms with Gasteiger partial charge in [-0.3, -0.25) is 0 Å². The summed E-state index contributed by atoms with van der Waals surface area (Å²) in [5, 5.41) is 14.9. The molecule has 1 aliphatic carbocycles. The Labute approximate surface area is 280 Å². The number of esters is 1. The van der Waals surface area contributed by atoms with Crippen LogP contribution < -0.4 is 9.64 Å². The maximum Gasteiger partial charge on any atom is 0.407 e. The minimum absolute atomic E-state index is 0.178. The first-order valence-electron chi connectivity index (χ1n) is 14.5. The number of halogens is 3. The zero-order valence-corrected chi connectivity index (χ0v) is 27.0. The standard InChI is InChI=1S/C34H28Cl3N3O6/c1-44-33(41)23-15-20(16-24(17-23)39-11-13-40(14-12-39)34(42)43)5-6-21-9-10-25(18-29(21)37)45-19-26-31(38-46-32(26)22-7-8-22)30-27(35)3-2-4-28(30)36/h2-4,9-10,15-18,22H,7-8,11-14,19H2,1H3,(H,42,43). The van der Waals surface area contributed by atoms with E-state index >= 15 is 0 Å². The van der Waals surface area contributed by atoms with Gasteiger partial charge in [-0.25, -0.2) is 9.59 Å². The Kier molecular flexibility index (Phi) is 9.32. The molecule has 1 N–H and O–H groups in total. The average molecular weight is 681 g/mol. The Morgan fingerprint density at radius 2 is 1.72 bits per heavy atom. The number of carbonyl (C=O) groups excluding carboxylic acids is 1. The average Bonchev–Trinajstić information content (AvgIpc) is 3.82. The smallest absolute Gasteiger partial charge is 0.407 e. The molecule has 46 heavy (non-hydrogen) atoms. The van der Waals surface area contributed by atoms with Crippen molar-refractivity contribution in [1.29, 1.82) is 0 Å². The highest BCUT2D eigenvalue weighted by atomic mass is 35.5. The summed E-state index contributed by atoms with van der Waals surface area (Å²) in [6, 6.07) is 15.8. The molecular weight excluding hydrogens is 653 g/mol. The van der Waals surface area contributed by atoms with E-state index in [4.69, 9.17) is 48.8 Å². The summed E-state index contributed by atoms with van der Waals surface area (Å²) in [7, 11) is 1.32. The Bertz CT molecular complexity index is 1850. The van der Waals surface area contributed by atoms with E-state index < -0.39 is 12.1 Å². The van der Waals surface area contributed by atoms with E-state index in [1.54, 1.807) is 48.5 Å². The Hall–Kier alpha value is -4.36. The van der Waals surface area contributed by atoms with Gasteiger partial charge in [0, 0.05) is 60.5 Å². The largest absolute Gasteiger partial charge is 0.489 e. The number of nitrogens with zero attached hydrogens (tertiary/aromatic N) is 3. The lowest BCUT2D eigenvalue weighted by molar-refractivity contribution is 0.0600. The third kappa shape index (κ3) is 6.90. The fraction of sp³-hybridized carbons (Fsp3) is 0.265. The highest BCUT2D eigenvalue weighted by molar-refractivity contribution is 6.39. The number of methoxy groups -OCH3 is 1. The van der Waals surface area contributed by atoms with Crippen LogP contribution in [0.15, 0.2) is 59.1 Å². The van der Waals surface area contributed by atoms with Gasteiger partial charge in [-0.2, -0.15) is 0 Å². The number of ether oxygens (including phenoxy) is 2. The topological polar surface area (TPSA) is 105 Å². The molecule has 0 radical (unpaired) electrons. The number of hydrogen-bond donors (Lipinski definition) is 1. The van der Waals surface area contributed by atoms with Crippen LogP contribution in [0.4, 0.5) is 10.5 Å². The van der Waals surface area contributed by atoms with E-state index in [0.717, 1.165) is 29.9 Å². The molecule has 1 saturated carbocycles. The molecule has 2 aliphatic rings. The summed E-state index contributed by atoms with van der Waals surface area (Å²) < 4.78 is 16.8. The number of carboxylic acid groups (broad SMARTS) is 1. The summed E-state index contributed by atoms with van der Waals surface area (Å²) >= 11 is 19.6. The van der Waals surface area contributed by atoms with Crippen molar-refractivity contribution in [3.8, 4) is 28.8 Å². The van der Waals surface area contributed by atoms with Crippen molar-refractivity contribution >= 4 is 52.6 Å². The van der Waals surface area contributed by atoms with E-state index in [9.17, 15) is 14.7 Å². The van der Waals surface area contributed by atoms with E-state index in [0.29, 0.717) is 74.9 Å². The zero-order chi connectivity index (χ0) is 32.4. The lowest BCUT2D eigenvalue weighted by atomic mass is 10.0. The molecule has 9 nitrogen and oxygen atoms in total.